The molecule has 0 aromatic heterocycles. The average Bonchev–Trinajstić information content (AvgIpc) is 3.11. The van der Waals surface area contributed by atoms with Crippen molar-refractivity contribution in [2.24, 2.45) is 0 Å². The summed E-state index contributed by atoms with van der Waals surface area (Å²) in [6.07, 6.45) is 6.54. The van der Waals surface area contributed by atoms with Crippen LogP contribution in [-0.4, -0.2) is 49.3 Å². The van der Waals surface area contributed by atoms with Crippen molar-refractivity contribution >= 4 is 10.0 Å². The molecule has 2 aliphatic heterocycles. The van der Waals surface area contributed by atoms with Gasteiger partial charge < -0.3 is 0 Å². The highest BCUT2D eigenvalue weighted by molar-refractivity contribution is 7.89. The van der Waals surface area contributed by atoms with Crippen LogP contribution in [0.2, 0.25) is 0 Å². The van der Waals surface area contributed by atoms with E-state index in [1.54, 1.807) is 28.6 Å². The molecule has 4 rings (SSSR count). The highest BCUT2D eigenvalue weighted by atomic mass is 32.2. The summed E-state index contributed by atoms with van der Waals surface area (Å²) < 4.78 is 28.0. The van der Waals surface area contributed by atoms with Gasteiger partial charge in [0, 0.05) is 18.6 Å². The first-order valence-electron chi connectivity index (χ1n) is 10.4. The van der Waals surface area contributed by atoms with Gasteiger partial charge in [-0.2, -0.15) is 4.31 Å². The first-order chi connectivity index (χ1) is 13.6. The Labute approximate surface area is 169 Å². The fourth-order valence-electron chi connectivity index (χ4n) is 4.94. The number of aryl methyl sites for hydroxylation is 1. The largest absolute Gasteiger partial charge is 0.296 e. The van der Waals surface area contributed by atoms with Gasteiger partial charge in [0.2, 0.25) is 10.0 Å². The van der Waals surface area contributed by atoms with Crippen molar-refractivity contribution in [3.63, 3.8) is 0 Å². The summed E-state index contributed by atoms with van der Waals surface area (Å²) in [5.74, 6) is 0. The number of hydrogen-bond donors (Lipinski definition) is 0. The van der Waals surface area contributed by atoms with Crippen LogP contribution in [0.4, 0.5) is 0 Å². The molecule has 0 amide bonds. The second kappa shape index (κ2) is 8.36. The molecule has 4 nitrogen and oxygen atoms in total. The minimum atomic E-state index is -3.41. The van der Waals surface area contributed by atoms with Crippen LogP contribution in [-0.2, 0) is 16.4 Å². The molecule has 2 aromatic carbocycles. The van der Waals surface area contributed by atoms with Crippen molar-refractivity contribution < 1.29 is 8.42 Å². The molecule has 2 aromatic rings. The van der Waals surface area contributed by atoms with E-state index in [0.29, 0.717) is 18.0 Å². The van der Waals surface area contributed by atoms with E-state index < -0.39 is 10.0 Å². The van der Waals surface area contributed by atoms with Crippen LogP contribution >= 0.6 is 0 Å². The summed E-state index contributed by atoms with van der Waals surface area (Å²) in [5.41, 5.74) is 1.41. The van der Waals surface area contributed by atoms with Crippen LogP contribution in [0.15, 0.2) is 65.6 Å². The Hall–Kier alpha value is -1.69. The number of rotatable bonds is 6. The Morgan fingerprint density at radius 2 is 1.50 bits per heavy atom. The van der Waals surface area contributed by atoms with Crippen molar-refractivity contribution in [2.75, 3.05) is 26.2 Å². The fraction of sp³-hybridized carbons (Fsp3) is 0.478. The van der Waals surface area contributed by atoms with Crippen LogP contribution in [0, 0.1) is 0 Å². The number of hydrogen-bond acceptors (Lipinski definition) is 3. The molecule has 5 heteroatoms. The summed E-state index contributed by atoms with van der Waals surface area (Å²) in [6.45, 7) is 3.41. The van der Waals surface area contributed by atoms with Crippen molar-refractivity contribution in [1.29, 1.82) is 0 Å². The number of likely N-dealkylation sites (tertiary alicyclic amines) is 1. The first kappa shape index (κ1) is 19.6. The molecule has 2 aliphatic rings. The topological polar surface area (TPSA) is 40.6 Å². The minimum absolute atomic E-state index is 0.0246. The molecule has 1 unspecified atom stereocenters. The van der Waals surface area contributed by atoms with Crippen molar-refractivity contribution in [3.8, 4) is 0 Å². The monoisotopic (exact) mass is 398 g/mol. The molecule has 0 aliphatic carbocycles. The number of sulfonamides is 1. The molecule has 28 heavy (non-hydrogen) atoms. The van der Waals surface area contributed by atoms with Crippen LogP contribution < -0.4 is 0 Å². The van der Waals surface area contributed by atoms with Crippen molar-refractivity contribution in [3.05, 3.63) is 66.2 Å². The second-order valence-corrected chi connectivity index (χ2v) is 10.1. The highest BCUT2D eigenvalue weighted by Crippen LogP contribution is 2.38. The zero-order chi connectivity index (χ0) is 19.5. The van der Waals surface area contributed by atoms with Crippen LogP contribution in [0.25, 0.3) is 0 Å². The van der Waals surface area contributed by atoms with Gasteiger partial charge in [0.05, 0.1) is 4.90 Å². The highest BCUT2D eigenvalue weighted by Gasteiger charge is 2.46. The standard InChI is InChI=1S/C23H30N2O2S/c26-28(27,22-13-5-2-6-14-22)25-19-9-16-23(20-25)15-8-18-24(23)17-7-12-21-10-3-1-4-11-21/h1-6,10-11,13-14H,7-9,12,15-20H2. The molecule has 2 heterocycles. The van der Waals surface area contributed by atoms with Gasteiger partial charge in [0.25, 0.3) is 0 Å². The molecular formula is C23H30N2O2S. The van der Waals surface area contributed by atoms with E-state index in [-0.39, 0.29) is 5.54 Å². The third-order valence-corrected chi connectivity index (χ3v) is 8.24. The fourth-order valence-corrected chi connectivity index (χ4v) is 6.52. The molecular weight excluding hydrogens is 368 g/mol. The van der Waals surface area contributed by atoms with Gasteiger partial charge in [-0.25, -0.2) is 8.42 Å². The molecule has 0 saturated carbocycles. The lowest BCUT2D eigenvalue weighted by Gasteiger charge is -2.45. The normalized spacial score (nSPS) is 24.0. The second-order valence-electron chi connectivity index (χ2n) is 8.16. The van der Waals surface area contributed by atoms with Crippen LogP contribution in [0.1, 0.15) is 37.7 Å². The lowest BCUT2D eigenvalue weighted by molar-refractivity contribution is 0.0732. The predicted molar refractivity (Wildman–Crippen MR) is 113 cm³/mol. The lowest BCUT2D eigenvalue weighted by atomic mass is 9.87. The van der Waals surface area contributed by atoms with Gasteiger partial charge >= 0.3 is 0 Å². The predicted octanol–water partition coefficient (Wildman–Crippen LogP) is 3.94. The van der Waals surface area contributed by atoms with Gasteiger partial charge in [0.15, 0.2) is 0 Å². The van der Waals surface area contributed by atoms with Gasteiger partial charge in [-0.1, -0.05) is 48.5 Å². The van der Waals surface area contributed by atoms with E-state index in [1.807, 2.05) is 6.07 Å². The molecule has 0 bridgehead atoms. The van der Waals surface area contributed by atoms with Gasteiger partial charge in [-0.05, 0) is 69.3 Å². The van der Waals surface area contributed by atoms with Crippen LogP contribution in [0.5, 0.6) is 0 Å². The molecule has 1 spiro atoms. The Bertz CT molecular complexity index is 870. The van der Waals surface area contributed by atoms with E-state index in [4.69, 9.17) is 0 Å². The number of piperidine rings is 1. The maximum absolute atomic E-state index is 13.1. The maximum Gasteiger partial charge on any atom is 0.243 e. The van der Waals surface area contributed by atoms with Gasteiger partial charge in [-0.15, -0.1) is 0 Å². The third-order valence-electron chi connectivity index (χ3n) is 6.38. The van der Waals surface area contributed by atoms with E-state index >= 15 is 0 Å². The average molecular weight is 399 g/mol. The summed E-state index contributed by atoms with van der Waals surface area (Å²) in [6, 6.07) is 19.5. The Morgan fingerprint density at radius 1 is 0.857 bits per heavy atom. The van der Waals surface area contributed by atoms with Crippen molar-refractivity contribution in [2.45, 2.75) is 49.0 Å². The molecule has 150 valence electrons. The van der Waals surface area contributed by atoms with E-state index in [1.165, 1.54) is 12.0 Å². The van der Waals surface area contributed by atoms with Gasteiger partial charge in [0.1, 0.15) is 0 Å². The first-order valence-corrected chi connectivity index (χ1v) is 11.9. The molecule has 0 radical (unpaired) electrons. The van der Waals surface area contributed by atoms with E-state index in [9.17, 15) is 8.42 Å². The van der Waals surface area contributed by atoms with E-state index in [2.05, 4.69) is 35.2 Å². The summed E-state index contributed by atoms with van der Waals surface area (Å²) in [5, 5.41) is 0. The Balaban J connectivity index is 1.44. The molecule has 0 N–H and O–H groups in total. The smallest absolute Gasteiger partial charge is 0.243 e. The zero-order valence-electron chi connectivity index (χ0n) is 16.5. The Kier molecular flexibility index (Phi) is 5.85. The Morgan fingerprint density at radius 3 is 2.21 bits per heavy atom. The van der Waals surface area contributed by atoms with E-state index in [0.717, 1.165) is 45.2 Å². The minimum Gasteiger partial charge on any atom is -0.296 e. The zero-order valence-corrected chi connectivity index (χ0v) is 17.3. The summed E-state index contributed by atoms with van der Waals surface area (Å²) in [7, 11) is -3.41. The quantitative estimate of drug-likeness (QED) is 0.740. The maximum atomic E-state index is 13.1. The van der Waals surface area contributed by atoms with Crippen LogP contribution in [0.3, 0.4) is 0 Å². The summed E-state index contributed by atoms with van der Waals surface area (Å²) in [4.78, 5) is 3.00. The number of nitrogens with zero attached hydrogens (tertiary/aromatic N) is 2. The summed E-state index contributed by atoms with van der Waals surface area (Å²) >= 11 is 0. The molecule has 2 fully saturated rings. The van der Waals surface area contributed by atoms with Crippen molar-refractivity contribution in [1.82, 2.24) is 9.21 Å². The molecule has 2 saturated heterocycles. The number of benzene rings is 2. The lowest BCUT2D eigenvalue weighted by Crippen LogP contribution is -2.57. The SMILES string of the molecule is O=S(=O)(c1ccccc1)N1CCCC2(CCCN2CCCc2ccccc2)C1. The molecule has 1 atom stereocenters. The third kappa shape index (κ3) is 4.02. The van der Waals surface area contributed by atoms with Gasteiger partial charge in [-0.3, -0.25) is 4.90 Å².